The summed E-state index contributed by atoms with van der Waals surface area (Å²) < 4.78 is 10.8. The van der Waals surface area contributed by atoms with Crippen LogP contribution in [-0.4, -0.2) is 28.1 Å². The van der Waals surface area contributed by atoms with E-state index >= 15 is 0 Å². The Morgan fingerprint density at radius 3 is 2.28 bits per heavy atom. The molecule has 1 fully saturated rings. The van der Waals surface area contributed by atoms with E-state index in [2.05, 4.69) is 5.16 Å². The average molecular weight is 432 g/mol. The van der Waals surface area contributed by atoms with Gasteiger partial charge in [-0.3, -0.25) is 14.5 Å². The van der Waals surface area contributed by atoms with Crippen molar-refractivity contribution in [3.63, 3.8) is 0 Å². The van der Waals surface area contributed by atoms with Crippen molar-refractivity contribution in [2.45, 2.75) is 39.8 Å². The molecule has 164 valence electrons. The standard InChI is InChI=1S/C25H24N2O5/c1-14(2)31-19-11-9-18(10-12-19)23(28)21-22(17-7-5-15(3)6-8-17)27(25(30)24(21)29)20-13-16(4)32-26-20/h5-14,22,28H,1-4H3/t22-/m1/s1. The number of aromatic nitrogens is 1. The molecule has 32 heavy (non-hydrogen) atoms. The quantitative estimate of drug-likeness (QED) is 0.357. The van der Waals surface area contributed by atoms with Gasteiger partial charge in [-0.25, -0.2) is 0 Å². The molecule has 1 aliphatic heterocycles. The Balaban J connectivity index is 1.85. The Kier molecular flexibility index (Phi) is 5.57. The van der Waals surface area contributed by atoms with Gasteiger partial charge in [0.2, 0.25) is 0 Å². The van der Waals surface area contributed by atoms with Gasteiger partial charge in [0.25, 0.3) is 5.78 Å². The van der Waals surface area contributed by atoms with Crippen LogP contribution in [0.4, 0.5) is 5.82 Å². The van der Waals surface area contributed by atoms with E-state index in [1.807, 2.05) is 45.0 Å². The third kappa shape index (κ3) is 3.89. The maximum atomic E-state index is 13.1. The number of hydrogen-bond acceptors (Lipinski definition) is 6. The predicted octanol–water partition coefficient (Wildman–Crippen LogP) is 4.70. The fraction of sp³-hybridized carbons (Fsp3) is 0.240. The summed E-state index contributed by atoms with van der Waals surface area (Å²) in [4.78, 5) is 27.4. The van der Waals surface area contributed by atoms with Gasteiger partial charge in [0.15, 0.2) is 5.82 Å². The highest BCUT2D eigenvalue weighted by molar-refractivity contribution is 6.51. The summed E-state index contributed by atoms with van der Waals surface area (Å²) >= 11 is 0. The number of aliphatic hydroxyl groups excluding tert-OH is 1. The van der Waals surface area contributed by atoms with Gasteiger partial charge in [-0.15, -0.1) is 0 Å². The third-order valence-electron chi connectivity index (χ3n) is 5.20. The Bertz CT molecular complexity index is 1190. The number of carbonyl (C=O) groups excluding carboxylic acids is 2. The first-order valence-corrected chi connectivity index (χ1v) is 10.3. The van der Waals surface area contributed by atoms with E-state index in [-0.39, 0.29) is 23.3 Å². The molecule has 3 aromatic rings. The Hall–Kier alpha value is -3.87. The van der Waals surface area contributed by atoms with Gasteiger partial charge >= 0.3 is 5.91 Å². The van der Waals surface area contributed by atoms with Crippen LogP contribution < -0.4 is 9.64 Å². The van der Waals surface area contributed by atoms with E-state index in [9.17, 15) is 14.7 Å². The van der Waals surface area contributed by atoms with E-state index in [0.29, 0.717) is 22.6 Å². The number of ketones is 1. The molecule has 1 aromatic heterocycles. The molecule has 7 nitrogen and oxygen atoms in total. The fourth-order valence-corrected chi connectivity index (χ4v) is 3.72. The van der Waals surface area contributed by atoms with Crippen molar-refractivity contribution in [3.8, 4) is 5.75 Å². The lowest BCUT2D eigenvalue weighted by molar-refractivity contribution is -0.132. The molecular weight excluding hydrogens is 408 g/mol. The van der Waals surface area contributed by atoms with Gasteiger partial charge in [0.05, 0.1) is 17.7 Å². The molecule has 0 saturated carbocycles. The molecule has 0 aliphatic carbocycles. The minimum absolute atomic E-state index is 0.00275. The molecule has 0 unspecified atom stereocenters. The number of ether oxygens (including phenoxy) is 1. The molecule has 2 heterocycles. The van der Waals surface area contributed by atoms with Crippen LogP contribution in [0.25, 0.3) is 5.76 Å². The number of anilines is 1. The SMILES string of the molecule is Cc1ccc([C@@H]2C(=C(O)c3ccc(OC(C)C)cc3)C(=O)C(=O)N2c2cc(C)on2)cc1. The van der Waals surface area contributed by atoms with E-state index in [1.54, 1.807) is 37.3 Å². The topological polar surface area (TPSA) is 92.9 Å². The lowest BCUT2D eigenvalue weighted by Gasteiger charge is -2.23. The molecule has 4 rings (SSSR count). The van der Waals surface area contributed by atoms with Crippen molar-refractivity contribution in [2.24, 2.45) is 0 Å². The minimum atomic E-state index is -0.841. The van der Waals surface area contributed by atoms with Crippen molar-refractivity contribution in [3.05, 3.63) is 82.6 Å². The first kappa shape index (κ1) is 21.4. The van der Waals surface area contributed by atoms with Crippen LogP contribution >= 0.6 is 0 Å². The van der Waals surface area contributed by atoms with Gasteiger partial charge in [-0.2, -0.15) is 0 Å². The van der Waals surface area contributed by atoms with Crippen molar-refractivity contribution >= 4 is 23.3 Å². The van der Waals surface area contributed by atoms with Gasteiger partial charge in [-0.1, -0.05) is 35.0 Å². The zero-order valence-electron chi connectivity index (χ0n) is 18.3. The molecule has 1 saturated heterocycles. The van der Waals surface area contributed by atoms with Gasteiger partial charge < -0.3 is 14.4 Å². The monoisotopic (exact) mass is 432 g/mol. The molecule has 0 spiro atoms. The van der Waals surface area contributed by atoms with Crippen LogP contribution in [0.3, 0.4) is 0 Å². The van der Waals surface area contributed by atoms with Gasteiger partial charge in [0, 0.05) is 11.6 Å². The normalized spacial score (nSPS) is 17.9. The van der Waals surface area contributed by atoms with Gasteiger partial charge in [-0.05, 0) is 57.5 Å². The Labute approximate surface area is 185 Å². The van der Waals surface area contributed by atoms with Crippen LogP contribution in [0.1, 0.15) is 42.3 Å². The number of carbonyl (C=O) groups is 2. The largest absolute Gasteiger partial charge is 0.507 e. The summed E-state index contributed by atoms with van der Waals surface area (Å²) in [6, 6.07) is 14.9. The summed E-state index contributed by atoms with van der Waals surface area (Å²) in [5, 5.41) is 15.1. The number of amides is 1. The van der Waals surface area contributed by atoms with Crippen molar-refractivity contribution in [2.75, 3.05) is 4.90 Å². The predicted molar refractivity (Wildman–Crippen MR) is 119 cm³/mol. The number of benzene rings is 2. The minimum Gasteiger partial charge on any atom is -0.507 e. The summed E-state index contributed by atoms with van der Waals surface area (Å²) in [6.07, 6.45) is 0.00669. The number of hydrogen-bond donors (Lipinski definition) is 1. The summed E-state index contributed by atoms with van der Waals surface area (Å²) in [6.45, 7) is 7.49. The Morgan fingerprint density at radius 2 is 1.72 bits per heavy atom. The molecule has 1 atom stereocenters. The number of rotatable bonds is 5. The van der Waals surface area contributed by atoms with Crippen LogP contribution in [-0.2, 0) is 9.59 Å². The highest BCUT2D eigenvalue weighted by atomic mass is 16.5. The van der Waals surface area contributed by atoms with E-state index in [1.165, 1.54) is 4.90 Å². The zero-order valence-corrected chi connectivity index (χ0v) is 18.3. The van der Waals surface area contributed by atoms with E-state index in [0.717, 1.165) is 5.56 Å². The maximum Gasteiger partial charge on any atom is 0.301 e. The van der Waals surface area contributed by atoms with Crippen LogP contribution in [0, 0.1) is 13.8 Å². The van der Waals surface area contributed by atoms with Crippen LogP contribution in [0.15, 0.2) is 64.7 Å². The summed E-state index contributed by atoms with van der Waals surface area (Å²) in [7, 11) is 0. The summed E-state index contributed by atoms with van der Waals surface area (Å²) in [5.41, 5.74) is 2.12. The Morgan fingerprint density at radius 1 is 1.06 bits per heavy atom. The molecule has 1 aliphatic rings. The highest BCUT2D eigenvalue weighted by Gasteiger charge is 2.48. The number of Topliss-reactive ketones (excluding diaryl/α,β-unsaturated/α-hetero) is 1. The van der Waals surface area contributed by atoms with E-state index in [4.69, 9.17) is 9.26 Å². The number of aryl methyl sites for hydroxylation is 2. The van der Waals surface area contributed by atoms with Gasteiger partial charge in [0.1, 0.15) is 17.3 Å². The number of aliphatic hydroxyl groups is 1. The second kappa shape index (κ2) is 8.34. The first-order chi connectivity index (χ1) is 15.3. The van der Waals surface area contributed by atoms with E-state index < -0.39 is 17.7 Å². The average Bonchev–Trinajstić information content (AvgIpc) is 3.29. The maximum absolute atomic E-state index is 13.1. The van der Waals surface area contributed by atoms with Crippen molar-refractivity contribution in [1.82, 2.24) is 5.16 Å². The van der Waals surface area contributed by atoms with Crippen LogP contribution in [0.2, 0.25) is 0 Å². The van der Waals surface area contributed by atoms with Crippen molar-refractivity contribution in [1.29, 1.82) is 0 Å². The molecule has 0 radical (unpaired) electrons. The highest BCUT2D eigenvalue weighted by Crippen LogP contribution is 2.42. The zero-order chi connectivity index (χ0) is 23.0. The summed E-state index contributed by atoms with van der Waals surface area (Å²) in [5.74, 6) is -0.445. The molecule has 0 bridgehead atoms. The second-order valence-corrected chi connectivity index (χ2v) is 8.07. The fourth-order valence-electron chi connectivity index (χ4n) is 3.72. The molecule has 7 heteroatoms. The lowest BCUT2D eigenvalue weighted by atomic mass is 9.94. The lowest BCUT2D eigenvalue weighted by Crippen LogP contribution is -2.29. The van der Waals surface area contributed by atoms with Crippen molar-refractivity contribution < 1.29 is 24.0 Å². The molecule has 2 aromatic carbocycles. The molecular formula is C25H24N2O5. The second-order valence-electron chi connectivity index (χ2n) is 8.07. The first-order valence-electron chi connectivity index (χ1n) is 10.3. The smallest absolute Gasteiger partial charge is 0.301 e. The van der Waals surface area contributed by atoms with Crippen LogP contribution in [0.5, 0.6) is 5.75 Å². The number of nitrogens with zero attached hydrogens (tertiary/aromatic N) is 2. The third-order valence-corrected chi connectivity index (χ3v) is 5.20. The molecule has 1 amide bonds. The molecule has 1 N–H and O–H groups in total.